The summed E-state index contributed by atoms with van der Waals surface area (Å²) in [4.78, 5) is 24.9. The van der Waals surface area contributed by atoms with Gasteiger partial charge in [-0.1, -0.05) is 6.07 Å². The molecule has 0 bridgehead atoms. The summed E-state index contributed by atoms with van der Waals surface area (Å²) in [6.45, 7) is -1.67. The lowest BCUT2D eigenvalue weighted by atomic mass is 10.2. The van der Waals surface area contributed by atoms with Crippen molar-refractivity contribution in [2.24, 2.45) is 0 Å². The molecule has 0 unspecified atom stereocenters. The summed E-state index contributed by atoms with van der Waals surface area (Å²) in [6.07, 6.45) is 0. The highest BCUT2D eigenvalue weighted by Crippen LogP contribution is 2.29. The second-order valence-electron chi connectivity index (χ2n) is 5.12. The fraction of sp³-hybridized carbons (Fsp3) is 0.294. The van der Waals surface area contributed by atoms with E-state index >= 15 is 0 Å². The summed E-state index contributed by atoms with van der Waals surface area (Å²) in [5.41, 5.74) is 0.0440. The highest BCUT2D eigenvalue weighted by atomic mass is 32.1. The fourth-order valence-electron chi connectivity index (χ4n) is 2.09. The maximum absolute atomic E-state index is 12.3. The molecule has 0 saturated heterocycles. The van der Waals surface area contributed by atoms with Crippen molar-refractivity contribution in [1.82, 2.24) is 5.32 Å². The zero-order valence-corrected chi connectivity index (χ0v) is 14.8. The monoisotopic (exact) mass is 385 g/mol. The van der Waals surface area contributed by atoms with Crippen molar-refractivity contribution in [2.75, 3.05) is 13.7 Å². The molecule has 0 aliphatic heterocycles. The van der Waals surface area contributed by atoms with Gasteiger partial charge < -0.3 is 19.5 Å². The van der Waals surface area contributed by atoms with Gasteiger partial charge in [-0.15, -0.1) is 11.3 Å². The third-order valence-electron chi connectivity index (χ3n) is 3.30. The SMILES string of the molecule is COc1cc(C(=O)OCC(=O)N[C@@H](C)c2cccs2)ccc1OC(F)F. The van der Waals surface area contributed by atoms with Crippen molar-refractivity contribution in [2.45, 2.75) is 19.6 Å². The molecule has 0 radical (unpaired) electrons. The van der Waals surface area contributed by atoms with E-state index in [0.29, 0.717) is 0 Å². The molecule has 1 heterocycles. The average molecular weight is 385 g/mol. The largest absolute Gasteiger partial charge is 0.493 e. The van der Waals surface area contributed by atoms with Gasteiger partial charge in [-0.3, -0.25) is 4.79 Å². The van der Waals surface area contributed by atoms with Gasteiger partial charge in [-0.2, -0.15) is 8.78 Å². The third-order valence-corrected chi connectivity index (χ3v) is 4.35. The van der Waals surface area contributed by atoms with Crippen LogP contribution in [0.4, 0.5) is 8.78 Å². The van der Waals surface area contributed by atoms with E-state index in [1.807, 2.05) is 24.4 Å². The van der Waals surface area contributed by atoms with E-state index in [4.69, 9.17) is 9.47 Å². The second-order valence-corrected chi connectivity index (χ2v) is 6.10. The number of esters is 1. The normalized spacial score (nSPS) is 11.7. The van der Waals surface area contributed by atoms with Gasteiger partial charge in [0.25, 0.3) is 5.91 Å². The number of halogens is 2. The van der Waals surface area contributed by atoms with E-state index in [0.717, 1.165) is 4.88 Å². The Balaban J connectivity index is 1.91. The number of benzene rings is 1. The van der Waals surface area contributed by atoms with E-state index in [-0.39, 0.29) is 23.1 Å². The van der Waals surface area contributed by atoms with Gasteiger partial charge >= 0.3 is 12.6 Å². The molecule has 2 rings (SSSR count). The van der Waals surface area contributed by atoms with Crippen LogP contribution in [-0.2, 0) is 9.53 Å². The molecule has 1 atom stereocenters. The highest BCUT2D eigenvalue weighted by Gasteiger charge is 2.17. The van der Waals surface area contributed by atoms with Gasteiger partial charge in [0.1, 0.15) is 0 Å². The Hall–Kier alpha value is -2.68. The van der Waals surface area contributed by atoms with Crippen LogP contribution in [0.15, 0.2) is 35.7 Å². The number of carbonyl (C=O) groups excluding carboxylic acids is 2. The summed E-state index contributed by atoms with van der Waals surface area (Å²) in [5, 5.41) is 4.60. The standard InChI is InChI=1S/C17H17F2NO5S/c1-10(14-4-3-7-26-14)20-15(21)9-24-16(22)11-5-6-12(25-17(18)19)13(8-11)23-2/h3-8,10,17H,9H2,1-2H3,(H,20,21)/t10-/m0/s1. The van der Waals surface area contributed by atoms with Gasteiger partial charge in [-0.05, 0) is 36.6 Å². The minimum Gasteiger partial charge on any atom is -0.493 e. The fourth-order valence-corrected chi connectivity index (χ4v) is 2.83. The number of nitrogens with one attached hydrogen (secondary N) is 1. The van der Waals surface area contributed by atoms with Crippen LogP contribution in [0.25, 0.3) is 0 Å². The predicted molar refractivity (Wildman–Crippen MR) is 90.8 cm³/mol. The molecule has 1 aromatic carbocycles. The van der Waals surface area contributed by atoms with Crippen molar-refractivity contribution in [3.05, 3.63) is 46.2 Å². The van der Waals surface area contributed by atoms with Gasteiger partial charge in [0.05, 0.1) is 18.7 Å². The van der Waals surface area contributed by atoms with E-state index in [1.165, 1.54) is 36.6 Å². The first-order valence-electron chi connectivity index (χ1n) is 7.53. The Morgan fingerprint density at radius 3 is 2.62 bits per heavy atom. The number of methoxy groups -OCH3 is 1. The smallest absolute Gasteiger partial charge is 0.387 e. The van der Waals surface area contributed by atoms with E-state index in [9.17, 15) is 18.4 Å². The zero-order chi connectivity index (χ0) is 19.1. The Labute approximate surface area is 152 Å². The van der Waals surface area contributed by atoms with Crippen LogP contribution >= 0.6 is 11.3 Å². The molecule has 9 heteroatoms. The summed E-state index contributed by atoms with van der Waals surface area (Å²) in [7, 11) is 1.25. The maximum atomic E-state index is 12.3. The average Bonchev–Trinajstić information content (AvgIpc) is 3.14. The van der Waals surface area contributed by atoms with Gasteiger partial charge in [-0.25, -0.2) is 4.79 Å². The Kier molecular flexibility index (Phi) is 6.90. The minimum atomic E-state index is -3.02. The lowest BCUT2D eigenvalue weighted by molar-refractivity contribution is -0.124. The first-order valence-corrected chi connectivity index (χ1v) is 8.41. The molecule has 0 aliphatic rings. The van der Waals surface area contributed by atoms with E-state index in [1.54, 1.807) is 0 Å². The van der Waals surface area contributed by atoms with Crippen LogP contribution in [0.3, 0.4) is 0 Å². The van der Waals surface area contributed by atoms with Gasteiger partial charge in [0, 0.05) is 4.88 Å². The van der Waals surface area contributed by atoms with Crippen molar-refractivity contribution >= 4 is 23.2 Å². The summed E-state index contributed by atoms with van der Waals surface area (Å²) in [5.74, 6) is -1.49. The molecule has 0 fully saturated rings. The number of ether oxygens (including phenoxy) is 3. The van der Waals surface area contributed by atoms with Crippen molar-refractivity contribution < 1.29 is 32.6 Å². The molecule has 26 heavy (non-hydrogen) atoms. The van der Waals surface area contributed by atoms with Crippen LogP contribution in [0.5, 0.6) is 11.5 Å². The van der Waals surface area contributed by atoms with Gasteiger partial charge in [0.2, 0.25) is 0 Å². The molecule has 0 aliphatic carbocycles. The van der Waals surface area contributed by atoms with E-state index in [2.05, 4.69) is 10.1 Å². The Bertz CT molecular complexity index is 752. The van der Waals surface area contributed by atoms with Crippen LogP contribution in [0.2, 0.25) is 0 Å². The van der Waals surface area contributed by atoms with Crippen LogP contribution in [0.1, 0.15) is 28.2 Å². The first-order chi connectivity index (χ1) is 12.4. The second kappa shape index (κ2) is 9.14. The van der Waals surface area contributed by atoms with Crippen LogP contribution < -0.4 is 14.8 Å². The maximum Gasteiger partial charge on any atom is 0.387 e. The van der Waals surface area contributed by atoms with Gasteiger partial charge in [0.15, 0.2) is 18.1 Å². The molecule has 1 N–H and O–H groups in total. The zero-order valence-electron chi connectivity index (χ0n) is 14.0. The molecule has 2 aromatic rings. The molecule has 140 valence electrons. The molecular formula is C17H17F2NO5S. The predicted octanol–water partition coefficient (Wildman–Crippen LogP) is 3.39. The summed E-state index contributed by atoms with van der Waals surface area (Å²) < 4.78 is 38.7. The number of hydrogen-bond acceptors (Lipinski definition) is 6. The van der Waals surface area contributed by atoms with Crippen molar-refractivity contribution in [3.8, 4) is 11.5 Å². The number of hydrogen-bond donors (Lipinski definition) is 1. The quantitative estimate of drug-likeness (QED) is 0.705. The number of carbonyl (C=O) groups is 2. The minimum absolute atomic E-state index is 0.0440. The lowest BCUT2D eigenvalue weighted by Gasteiger charge is -2.13. The van der Waals surface area contributed by atoms with Crippen LogP contribution in [0, 0.1) is 0 Å². The van der Waals surface area contributed by atoms with Crippen LogP contribution in [-0.4, -0.2) is 32.2 Å². The Morgan fingerprint density at radius 2 is 2.00 bits per heavy atom. The molecule has 1 amide bonds. The number of amides is 1. The number of thiophene rings is 1. The topological polar surface area (TPSA) is 73.9 Å². The first kappa shape index (κ1) is 19.6. The molecule has 6 nitrogen and oxygen atoms in total. The lowest BCUT2D eigenvalue weighted by Crippen LogP contribution is -2.30. The highest BCUT2D eigenvalue weighted by molar-refractivity contribution is 7.10. The molecular weight excluding hydrogens is 368 g/mol. The molecule has 1 aromatic heterocycles. The van der Waals surface area contributed by atoms with E-state index < -0.39 is 25.1 Å². The number of rotatable bonds is 8. The third kappa shape index (κ3) is 5.41. The van der Waals surface area contributed by atoms with Crippen molar-refractivity contribution in [1.29, 1.82) is 0 Å². The summed E-state index contributed by atoms with van der Waals surface area (Å²) >= 11 is 1.50. The molecule has 0 saturated carbocycles. The Morgan fingerprint density at radius 1 is 1.23 bits per heavy atom. The number of alkyl halides is 2. The molecule has 0 spiro atoms. The van der Waals surface area contributed by atoms with Crippen molar-refractivity contribution in [3.63, 3.8) is 0 Å². The summed E-state index contributed by atoms with van der Waals surface area (Å²) in [6, 6.07) is 7.17.